The van der Waals surface area contributed by atoms with Crippen LogP contribution in [0.25, 0.3) is 10.2 Å². The fourth-order valence-corrected chi connectivity index (χ4v) is 4.51. The van der Waals surface area contributed by atoms with E-state index in [1.807, 2.05) is 11.8 Å². The van der Waals surface area contributed by atoms with Gasteiger partial charge in [-0.15, -0.1) is 0 Å². The molecule has 1 amide bonds. The van der Waals surface area contributed by atoms with Crippen LogP contribution in [0.2, 0.25) is 0 Å². The summed E-state index contributed by atoms with van der Waals surface area (Å²) in [5, 5.41) is 5.27. The first-order valence-electron chi connectivity index (χ1n) is 9.15. The van der Waals surface area contributed by atoms with Crippen LogP contribution in [-0.4, -0.2) is 51.8 Å². The number of rotatable bonds is 4. The van der Waals surface area contributed by atoms with Crippen LogP contribution in [0.1, 0.15) is 29.9 Å². The van der Waals surface area contributed by atoms with Gasteiger partial charge < -0.3 is 9.80 Å². The number of hydrogen-bond acceptors (Lipinski definition) is 5. The second-order valence-corrected chi connectivity index (χ2v) is 7.43. The zero-order valence-electron chi connectivity index (χ0n) is 15.2. The molecule has 1 saturated heterocycles. The van der Waals surface area contributed by atoms with Crippen molar-refractivity contribution < 1.29 is 4.79 Å². The Hall–Kier alpha value is -2.41. The lowest BCUT2D eigenvalue weighted by atomic mass is 10.1. The first-order chi connectivity index (χ1) is 12.7. The number of para-hydroxylation sites is 1. The predicted octanol–water partition coefficient (Wildman–Crippen LogP) is 3.04. The lowest BCUT2D eigenvalue weighted by Crippen LogP contribution is -2.49. The standard InChI is InChI=1S/C19H23N5OS/c1-3-14-6-5-7-16-17(14)21-19(26-16)23-12-10-22(11-13-23)18(25)15-8-9-20-24(15)4-2/h5-9H,3-4,10-13H2,1-2H3. The molecule has 26 heavy (non-hydrogen) atoms. The number of fused-ring (bicyclic) bond motifs is 1. The number of amides is 1. The minimum atomic E-state index is 0.0709. The molecule has 0 aliphatic carbocycles. The van der Waals surface area contributed by atoms with Crippen molar-refractivity contribution in [3.63, 3.8) is 0 Å². The number of carbonyl (C=O) groups excluding carboxylic acids is 1. The Morgan fingerprint density at radius 1 is 1.15 bits per heavy atom. The molecule has 0 bridgehead atoms. The SMILES string of the molecule is CCc1cccc2sc(N3CCN(C(=O)c4ccnn4CC)CC3)nc12. The van der Waals surface area contributed by atoms with Gasteiger partial charge in [0.2, 0.25) is 0 Å². The molecule has 7 heteroatoms. The molecule has 4 rings (SSSR count). The summed E-state index contributed by atoms with van der Waals surface area (Å²) in [7, 11) is 0. The number of benzene rings is 1. The predicted molar refractivity (Wildman–Crippen MR) is 105 cm³/mol. The average Bonchev–Trinajstić information content (AvgIpc) is 3.33. The maximum atomic E-state index is 12.7. The molecule has 136 valence electrons. The molecular formula is C19H23N5OS. The van der Waals surface area contributed by atoms with E-state index in [-0.39, 0.29) is 5.91 Å². The molecule has 6 nitrogen and oxygen atoms in total. The first kappa shape index (κ1) is 17.0. The van der Waals surface area contributed by atoms with E-state index in [1.165, 1.54) is 10.3 Å². The largest absolute Gasteiger partial charge is 0.345 e. The monoisotopic (exact) mass is 369 g/mol. The summed E-state index contributed by atoms with van der Waals surface area (Å²) in [6.07, 6.45) is 2.69. The molecule has 0 unspecified atom stereocenters. The second-order valence-electron chi connectivity index (χ2n) is 6.43. The number of aryl methyl sites for hydroxylation is 2. The maximum absolute atomic E-state index is 12.7. The first-order valence-corrected chi connectivity index (χ1v) is 9.97. The fraction of sp³-hybridized carbons (Fsp3) is 0.421. The highest BCUT2D eigenvalue weighted by Gasteiger charge is 2.25. The van der Waals surface area contributed by atoms with E-state index < -0.39 is 0 Å². The van der Waals surface area contributed by atoms with Gasteiger partial charge >= 0.3 is 0 Å². The minimum absolute atomic E-state index is 0.0709. The van der Waals surface area contributed by atoms with Gasteiger partial charge in [-0.2, -0.15) is 5.10 Å². The average molecular weight is 369 g/mol. The zero-order valence-corrected chi connectivity index (χ0v) is 16.0. The summed E-state index contributed by atoms with van der Waals surface area (Å²) in [6, 6.07) is 8.20. The summed E-state index contributed by atoms with van der Waals surface area (Å²) in [5.74, 6) is 0.0709. The Bertz CT molecular complexity index is 923. The molecule has 0 spiro atoms. The van der Waals surface area contributed by atoms with Crippen molar-refractivity contribution in [3.05, 3.63) is 41.7 Å². The van der Waals surface area contributed by atoms with Gasteiger partial charge in [-0.05, 0) is 31.0 Å². The van der Waals surface area contributed by atoms with Gasteiger partial charge in [-0.3, -0.25) is 9.48 Å². The normalized spacial score (nSPS) is 15.0. The smallest absolute Gasteiger partial charge is 0.272 e. The Morgan fingerprint density at radius 3 is 2.69 bits per heavy atom. The molecule has 1 aliphatic rings. The van der Waals surface area contributed by atoms with Crippen LogP contribution in [0, 0.1) is 0 Å². The highest BCUT2D eigenvalue weighted by molar-refractivity contribution is 7.22. The molecule has 3 aromatic rings. The third-order valence-electron chi connectivity index (χ3n) is 4.94. The molecule has 3 heterocycles. The summed E-state index contributed by atoms with van der Waals surface area (Å²) >= 11 is 1.74. The van der Waals surface area contributed by atoms with Crippen LogP contribution >= 0.6 is 11.3 Å². The maximum Gasteiger partial charge on any atom is 0.272 e. The number of hydrogen-bond donors (Lipinski definition) is 0. The number of carbonyl (C=O) groups is 1. The molecule has 2 aromatic heterocycles. The number of aromatic nitrogens is 3. The molecule has 0 radical (unpaired) electrons. The Morgan fingerprint density at radius 2 is 1.96 bits per heavy atom. The van der Waals surface area contributed by atoms with Gasteiger partial charge in [0.05, 0.1) is 10.2 Å². The zero-order chi connectivity index (χ0) is 18.1. The third kappa shape index (κ3) is 2.96. The fourth-order valence-electron chi connectivity index (χ4n) is 3.44. The number of nitrogens with zero attached hydrogens (tertiary/aromatic N) is 5. The Kier molecular flexibility index (Phi) is 4.63. The minimum Gasteiger partial charge on any atom is -0.345 e. The lowest BCUT2D eigenvalue weighted by molar-refractivity contribution is 0.0734. The number of piperazine rings is 1. The Labute approximate surface area is 157 Å². The summed E-state index contributed by atoms with van der Waals surface area (Å²) in [5.41, 5.74) is 3.10. The quantitative estimate of drug-likeness (QED) is 0.709. The Balaban J connectivity index is 1.48. The van der Waals surface area contributed by atoms with Crippen LogP contribution in [0.3, 0.4) is 0 Å². The van der Waals surface area contributed by atoms with Crippen molar-refractivity contribution in [2.24, 2.45) is 0 Å². The van der Waals surface area contributed by atoms with Crippen molar-refractivity contribution in [2.45, 2.75) is 26.8 Å². The number of anilines is 1. The van der Waals surface area contributed by atoms with Crippen molar-refractivity contribution in [1.82, 2.24) is 19.7 Å². The topological polar surface area (TPSA) is 54.3 Å². The summed E-state index contributed by atoms with van der Waals surface area (Å²) in [4.78, 5) is 21.8. The van der Waals surface area contributed by atoms with Gasteiger partial charge in [0.25, 0.3) is 5.91 Å². The third-order valence-corrected chi connectivity index (χ3v) is 6.03. The molecule has 1 fully saturated rings. The molecule has 0 N–H and O–H groups in total. The van der Waals surface area contributed by atoms with Crippen molar-refractivity contribution in [1.29, 1.82) is 0 Å². The van der Waals surface area contributed by atoms with E-state index in [2.05, 4.69) is 35.1 Å². The van der Waals surface area contributed by atoms with Gasteiger partial charge in [0.15, 0.2) is 5.13 Å². The van der Waals surface area contributed by atoms with Crippen LogP contribution in [0.15, 0.2) is 30.5 Å². The van der Waals surface area contributed by atoms with E-state index in [1.54, 1.807) is 28.3 Å². The molecule has 0 atom stereocenters. The van der Waals surface area contributed by atoms with Gasteiger partial charge in [0, 0.05) is 38.9 Å². The van der Waals surface area contributed by atoms with E-state index in [0.717, 1.165) is 30.2 Å². The number of thiazole rings is 1. The molecule has 1 aliphatic heterocycles. The second kappa shape index (κ2) is 7.07. The highest BCUT2D eigenvalue weighted by Crippen LogP contribution is 2.31. The van der Waals surface area contributed by atoms with Crippen molar-refractivity contribution in [3.8, 4) is 0 Å². The highest BCUT2D eigenvalue weighted by atomic mass is 32.1. The molecular weight excluding hydrogens is 346 g/mol. The van der Waals surface area contributed by atoms with Crippen molar-refractivity contribution >= 4 is 32.6 Å². The van der Waals surface area contributed by atoms with E-state index in [9.17, 15) is 4.79 Å². The van der Waals surface area contributed by atoms with E-state index >= 15 is 0 Å². The van der Waals surface area contributed by atoms with Gasteiger partial charge in [0.1, 0.15) is 5.69 Å². The van der Waals surface area contributed by atoms with E-state index in [4.69, 9.17) is 4.98 Å². The van der Waals surface area contributed by atoms with Crippen LogP contribution in [0.5, 0.6) is 0 Å². The van der Waals surface area contributed by atoms with Crippen LogP contribution in [-0.2, 0) is 13.0 Å². The summed E-state index contributed by atoms with van der Waals surface area (Å²) in [6.45, 7) is 7.92. The van der Waals surface area contributed by atoms with E-state index in [0.29, 0.717) is 25.3 Å². The molecule has 1 aromatic carbocycles. The van der Waals surface area contributed by atoms with Gasteiger partial charge in [-0.25, -0.2) is 4.98 Å². The molecule has 0 saturated carbocycles. The summed E-state index contributed by atoms with van der Waals surface area (Å²) < 4.78 is 3.00. The van der Waals surface area contributed by atoms with Crippen LogP contribution in [0.4, 0.5) is 5.13 Å². The lowest BCUT2D eigenvalue weighted by Gasteiger charge is -2.34. The van der Waals surface area contributed by atoms with Crippen LogP contribution < -0.4 is 4.90 Å². The van der Waals surface area contributed by atoms with Gasteiger partial charge in [-0.1, -0.05) is 30.4 Å². The van der Waals surface area contributed by atoms with Crippen molar-refractivity contribution in [2.75, 3.05) is 31.1 Å².